The molecule has 0 atom stereocenters. The number of nitrogens with zero attached hydrogens (tertiary/aromatic N) is 8. The first-order chi connectivity index (χ1) is 31.4. The molecule has 1 aliphatic carbocycles. The molecular formula is C49H54N8O8. The molecule has 4 aromatic carbocycles. The predicted octanol–water partition coefficient (Wildman–Crippen LogP) is 7.89. The van der Waals surface area contributed by atoms with Crippen LogP contribution in [0.1, 0.15) is 64.7 Å². The number of ether oxygens (including phenoxy) is 6. The van der Waals surface area contributed by atoms with Gasteiger partial charge in [-0.25, -0.2) is 15.0 Å². The molecule has 16 heteroatoms. The van der Waals surface area contributed by atoms with Gasteiger partial charge in [0, 0.05) is 78.2 Å². The van der Waals surface area contributed by atoms with Crippen molar-refractivity contribution in [3.63, 3.8) is 0 Å². The average molecular weight is 883 g/mol. The van der Waals surface area contributed by atoms with Crippen molar-refractivity contribution in [2.75, 3.05) is 21.3 Å². The molecule has 1 aliphatic rings. The predicted molar refractivity (Wildman–Crippen MR) is 242 cm³/mol. The number of methoxy groups -OCH3 is 3. The molecule has 7 aromatic rings. The minimum absolute atomic E-state index is 0.0880. The maximum atomic E-state index is 8.65. The van der Waals surface area contributed by atoms with E-state index in [1.54, 1.807) is 58.1 Å². The van der Waals surface area contributed by atoms with E-state index in [1.165, 1.54) is 32.0 Å². The molecule has 0 saturated heterocycles. The van der Waals surface area contributed by atoms with E-state index in [4.69, 9.17) is 49.2 Å². The van der Waals surface area contributed by atoms with Crippen molar-refractivity contribution < 1.29 is 38.6 Å². The number of hydrogen-bond donors (Lipinski definition) is 2. The first kappa shape index (κ1) is 47.9. The second-order valence-corrected chi connectivity index (χ2v) is 14.5. The van der Waals surface area contributed by atoms with Crippen molar-refractivity contribution >= 4 is 0 Å². The molecular weight excluding hydrogens is 829 g/mol. The third-order valence-electron chi connectivity index (χ3n) is 10.3. The first-order valence-corrected chi connectivity index (χ1v) is 20.4. The van der Waals surface area contributed by atoms with Crippen molar-refractivity contribution in [3.8, 4) is 58.1 Å². The van der Waals surface area contributed by atoms with Gasteiger partial charge in [-0.05, 0) is 101 Å². The van der Waals surface area contributed by atoms with Gasteiger partial charge in [0.05, 0.1) is 33.5 Å². The molecule has 0 aliphatic heterocycles. The largest absolute Gasteiger partial charge is 0.508 e. The van der Waals surface area contributed by atoms with Crippen LogP contribution < -0.4 is 28.4 Å². The molecule has 3 aromatic heterocycles. The van der Waals surface area contributed by atoms with Crippen LogP contribution in [-0.2, 0) is 60.2 Å². The molecule has 0 spiro atoms. The minimum Gasteiger partial charge on any atom is -0.508 e. The molecule has 0 unspecified atom stereocenters. The van der Waals surface area contributed by atoms with E-state index >= 15 is 0 Å². The number of hydrogen-bond acceptors (Lipinski definition) is 13. The Hall–Kier alpha value is -8.11. The number of aromatic hydroxyl groups is 2. The zero-order chi connectivity index (χ0) is 46.9. The number of phenols is 2. The fraction of sp³-hybridized carbons (Fsp3) is 0.286. The lowest BCUT2D eigenvalue weighted by atomic mass is 9.94. The van der Waals surface area contributed by atoms with Crippen LogP contribution in [0.25, 0.3) is 0 Å². The van der Waals surface area contributed by atoms with Crippen molar-refractivity contribution in [2.24, 2.45) is 21.1 Å². The number of nitriles is 2. The van der Waals surface area contributed by atoms with Crippen LogP contribution in [-0.4, -0.2) is 60.2 Å². The van der Waals surface area contributed by atoms with E-state index in [2.05, 4.69) is 51.4 Å². The summed E-state index contributed by atoms with van der Waals surface area (Å²) in [6.07, 6.45) is 12.9. The second kappa shape index (κ2) is 23.4. The minimum atomic E-state index is 0.0880. The highest BCUT2D eigenvalue weighted by Crippen LogP contribution is 2.41. The maximum absolute atomic E-state index is 8.65. The summed E-state index contributed by atoms with van der Waals surface area (Å²) in [4.78, 5) is 13.3. The molecule has 3 heterocycles. The SMILES string of the molecule is CC#N.CC#N.COc1cc2c(cc1OCc1nccn1C)Cc1cc(OC)c(OCc3nccn3C)cc1Cc1cc(OC)c(OCc3nccn3C)cc1C2.Oc1cccc(O)c1. The second-order valence-electron chi connectivity index (χ2n) is 14.5. The summed E-state index contributed by atoms with van der Waals surface area (Å²) < 4.78 is 42.5. The summed E-state index contributed by atoms with van der Waals surface area (Å²) in [5.74, 6) is 6.52. The van der Waals surface area contributed by atoms with Gasteiger partial charge in [0.1, 0.15) is 48.8 Å². The van der Waals surface area contributed by atoms with Gasteiger partial charge < -0.3 is 52.3 Å². The lowest BCUT2D eigenvalue weighted by Crippen LogP contribution is -2.07. The average Bonchev–Trinajstić information content (AvgIpc) is 4.04. The fourth-order valence-electron chi connectivity index (χ4n) is 6.88. The van der Waals surface area contributed by atoms with E-state index in [0.717, 1.165) is 50.9 Å². The third kappa shape index (κ3) is 12.7. The Labute approximate surface area is 379 Å². The van der Waals surface area contributed by atoms with Crippen LogP contribution in [0.4, 0.5) is 0 Å². The Morgan fingerprint density at radius 2 is 0.754 bits per heavy atom. The van der Waals surface area contributed by atoms with E-state index in [1.807, 2.05) is 53.4 Å². The van der Waals surface area contributed by atoms with Crippen molar-refractivity contribution in [1.82, 2.24) is 28.7 Å². The van der Waals surface area contributed by atoms with Crippen molar-refractivity contribution in [1.29, 1.82) is 10.5 Å². The molecule has 65 heavy (non-hydrogen) atoms. The highest BCUT2D eigenvalue weighted by molar-refractivity contribution is 5.58. The van der Waals surface area contributed by atoms with E-state index < -0.39 is 0 Å². The molecule has 16 nitrogen and oxygen atoms in total. The van der Waals surface area contributed by atoms with Crippen LogP contribution in [0.5, 0.6) is 46.0 Å². The van der Waals surface area contributed by atoms with E-state index in [-0.39, 0.29) is 11.5 Å². The van der Waals surface area contributed by atoms with Crippen LogP contribution in [0.3, 0.4) is 0 Å². The van der Waals surface area contributed by atoms with Crippen LogP contribution in [0, 0.1) is 22.7 Å². The fourth-order valence-corrected chi connectivity index (χ4v) is 6.88. The molecule has 2 N–H and O–H groups in total. The summed E-state index contributed by atoms with van der Waals surface area (Å²) in [5, 5.41) is 31.9. The standard InChI is InChI=1S/C39H42N6O6.C6H6O2.2C2H3N/c1-43-10-7-40-37(43)22-49-34-19-28-13-26-17-32(47-5)36(51-24-39-42-9-12-45(39)3)21-30(26)15-27-18-33(48-6)35(50-23-38-41-8-11-44(38)2)20-29(27)14-25(28)16-31(34)46-4;7-5-2-1-3-6(8)4-5;2*1-2-3/h7-12,16-21H,13-15,22-24H2,1-6H3;1-4,7-8H;2*1H3. The van der Waals surface area contributed by atoms with Crippen molar-refractivity contribution in [2.45, 2.75) is 52.9 Å². The van der Waals surface area contributed by atoms with Crippen LogP contribution in [0.2, 0.25) is 0 Å². The molecule has 0 saturated carbocycles. The zero-order valence-corrected chi connectivity index (χ0v) is 37.9. The van der Waals surface area contributed by atoms with Crippen molar-refractivity contribution in [3.05, 3.63) is 149 Å². The summed E-state index contributed by atoms with van der Waals surface area (Å²) in [5.41, 5.74) is 6.65. The number of imidazole rings is 3. The van der Waals surface area contributed by atoms with E-state index in [0.29, 0.717) is 73.6 Å². The number of aryl methyl sites for hydroxylation is 3. The first-order valence-electron chi connectivity index (χ1n) is 20.4. The molecule has 338 valence electrons. The van der Waals surface area contributed by atoms with Gasteiger partial charge in [-0.15, -0.1) is 0 Å². The normalized spacial score (nSPS) is 10.9. The molecule has 0 bridgehead atoms. The van der Waals surface area contributed by atoms with Gasteiger partial charge in [0.25, 0.3) is 0 Å². The highest BCUT2D eigenvalue weighted by atomic mass is 16.5. The number of rotatable bonds is 12. The van der Waals surface area contributed by atoms with Gasteiger partial charge in [0.2, 0.25) is 0 Å². The zero-order valence-electron chi connectivity index (χ0n) is 37.9. The summed E-state index contributed by atoms with van der Waals surface area (Å²) in [6.45, 7) is 3.78. The Morgan fingerprint density at radius 3 is 0.954 bits per heavy atom. The summed E-state index contributed by atoms with van der Waals surface area (Å²) in [6, 6.07) is 21.9. The molecule has 0 fully saturated rings. The summed E-state index contributed by atoms with van der Waals surface area (Å²) >= 11 is 0. The molecule has 0 radical (unpaired) electrons. The Bertz CT molecular complexity index is 2470. The molecule has 0 amide bonds. The summed E-state index contributed by atoms with van der Waals surface area (Å²) in [7, 11) is 10.9. The van der Waals surface area contributed by atoms with Gasteiger partial charge in [-0.2, -0.15) is 10.5 Å². The highest BCUT2D eigenvalue weighted by Gasteiger charge is 2.23. The topological polar surface area (TPSA) is 197 Å². The third-order valence-corrected chi connectivity index (χ3v) is 10.3. The van der Waals surface area contributed by atoms with Crippen LogP contribution >= 0.6 is 0 Å². The van der Waals surface area contributed by atoms with Crippen LogP contribution in [0.15, 0.2) is 97.8 Å². The van der Waals surface area contributed by atoms with Gasteiger partial charge in [-0.1, -0.05) is 6.07 Å². The lowest BCUT2D eigenvalue weighted by Gasteiger charge is -2.18. The van der Waals surface area contributed by atoms with Gasteiger partial charge >= 0.3 is 0 Å². The number of aromatic nitrogens is 6. The van der Waals surface area contributed by atoms with Gasteiger partial charge in [-0.3, -0.25) is 0 Å². The number of benzene rings is 4. The quantitative estimate of drug-likeness (QED) is 0.120. The smallest absolute Gasteiger partial charge is 0.162 e. The molecule has 8 rings (SSSR count). The monoisotopic (exact) mass is 882 g/mol. The Balaban J connectivity index is 0.000000492. The number of phenolic OH excluding ortho intramolecular Hbond substituents is 2. The number of fused-ring (bicyclic) bond motifs is 3. The van der Waals surface area contributed by atoms with E-state index in [9.17, 15) is 0 Å². The Morgan fingerprint density at radius 1 is 0.492 bits per heavy atom. The Kier molecular flexibility index (Phi) is 17.2. The van der Waals surface area contributed by atoms with Gasteiger partial charge in [0.15, 0.2) is 34.5 Å². The maximum Gasteiger partial charge on any atom is 0.162 e. The lowest BCUT2D eigenvalue weighted by molar-refractivity contribution is 0.272.